The monoisotopic (exact) mass is 243 g/mol. The number of rotatable bonds is 2. The second-order valence-electron chi connectivity index (χ2n) is 6.05. The van der Waals surface area contributed by atoms with Crippen molar-refractivity contribution in [2.75, 3.05) is 19.6 Å². The van der Waals surface area contributed by atoms with E-state index in [1.54, 1.807) is 0 Å². The van der Waals surface area contributed by atoms with Crippen molar-refractivity contribution in [1.29, 1.82) is 0 Å². The second-order valence-corrected chi connectivity index (χ2v) is 6.05. The number of nitrogens with zero attached hydrogens (tertiary/aromatic N) is 2. The summed E-state index contributed by atoms with van der Waals surface area (Å²) in [5.74, 6) is 0.905. The molecule has 0 aromatic carbocycles. The van der Waals surface area contributed by atoms with Crippen LogP contribution in [0.4, 0.5) is 0 Å². The van der Waals surface area contributed by atoms with E-state index in [-0.39, 0.29) is 0 Å². The Morgan fingerprint density at radius 2 is 2.11 bits per heavy atom. The molecule has 1 aromatic heterocycles. The Balaban J connectivity index is 1.50. The molecule has 3 fully saturated rings. The first-order valence-corrected chi connectivity index (χ1v) is 7.32. The highest BCUT2D eigenvalue weighted by atomic mass is 15.2. The van der Waals surface area contributed by atoms with Gasteiger partial charge in [-0.15, -0.1) is 0 Å². The smallest absolute Gasteiger partial charge is 0.0605 e. The molecule has 0 amide bonds. The summed E-state index contributed by atoms with van der Waals surface area (Å²) in [6.45, 7) is 3.90. The predicted molar refractivity (Wildman–Crippen MR) is 71.4 cm³/mol. The van der Waals surface area contributed by atoms with Crippen LogP contribution < -0.4 is 5.32 Å². The molecule has 0 spiro atoms. The van der Waals surface area contributed by atoms with Crippen molar-refractivity contribution in [3.63, 3.8) is 0 Å². The number of hydrogen-bond donors (Lipinski definition) is 1. The lowest BCUT2D eigenvalue weighted by atomic mass is 9.83. The minimum absolute atomic E-state index is 0.506. The van der Waals surface area contributed by atoms with Crippen LogP contribution in [0.25, 0.3) is 0 Å². The Hall–Kier alpha value is -0.930. The van der Waals surface area contributed by atoms with Gasteiger partial charge in [-0.05, 0) is 56.3 Å². The maximum atomic E-state index is 4.59. The quantitative estimate of drug-likeness (QED) is 0.858. The fourth-order valence-corrected chi connectivity index (χ4v) is 3.99. The van der Waals surface area contributed by atoms with Crippen LogP contribution in [0.15, 0.2) is 18.3 Å². The topological polar surface area (TPSA) is 28.2 Å². The Kier molecular flexibility index (Phi) is 2.63. The molecule has 1 aliphatic carbocycles. The summed E-state index contributed by atoms with van der Waals surface area (Å²) >= 11 is 0. The normalized spacial score (nSPS) is 37.8. The number of fused-ring (bicyclic) bond motifs is 4. The van der Waals surface area contributed by atoms with E-state index in [1.165, 1.54) is 56.6 Å². The zero-order valence-corrected chi connectivity index (χ0v) is 10.8. The molecular formula is C15H21N3. The third-order valence-corrected chi connectivity index (χ3v) is 5.03. The van der Waals surface area contributed by atoms with Gasteiger partial charge < -0.3 is 10.2 Å². The van der Waals surface area contributed by atoms with Crippen LogP contribution in [0, 0.1) is 5.92 Å². The number of pyridine rings is 1. The second kappa shape index (κ2) is 4.32. The van der Waals surface area contributed by atoms with E-state index in [9.17, 15) is 0 Å². The van der Waals surface area contributed by atoms with Gasteiger partial charge in [0.05, 0.1) is 11.7 Å². The fraction of sp³-hybridized carbons (Fsp3) is 0.667. The fourth-order valence-electron chi connectivity index (χ4n) is 3.99. The van der Waals surface area contributed by atoms with Gasteiger partial charge in [0.2, 0.25) is 0 Å². The molecular weight excluding hydrogens is 222 g/mol. The number of piperidine rings is 3. The highest BCUT2D eigenvalue weighted by molar-refractivity contribution is 5.28. The maximum Gasteiger partial charge on any atom is 0.0605 e. The van der Waals surface area contributed by atoms with Gasteiger partial charge in [0.25, 0.3) is 0 Å². The third kappa shape index (κ3) is 1.77. The number of nitrogens with one attached hydrogen (secondary N) is 1. The zero-order valence-electron chi connectivity index (χ0n) is 10.8. The molecule has 96 valence electrons. The molecule has 2 atom stereocenters. The molecule has 3 saturated heterocycles. The van der Waals surface area contributed by atoms with Crippen LogP contribution in [0.5, 0.6) is 0 Å². The van der Waals surface area contributed by atoms with Crippen molar-refractivity contribution in [2.24, 2.45) is 5.92 Å². The van der Waals surface area contributed by atoms with Gasteiger partial charge in [0.15, 0.2) is 0 Å². The summed E-state index contributed by atoms with van der Waals surface area (Å²) in [7, 11) is 0. The summed E-state index contributed by atoms with van der Waals surface area (Å²) in [6.07, 6.45) is 7.14. The standard InChI is InChI=1S/C15H21N3/c1-2-12-3-4-13(15(12)16-7-1)17-14-10-18-8-5-11(14)6-9-18/h1-2,7,11,13-14,17H,3-6,8-10H2. The molecule has 3 heteroatoms. The Morgan fingerprint density at radius 3 is 2.89 bits per heavy atom. The first kappa shape index (κ1) is 10.9. The number of aromatic nitrogens is 1. The largest absolute Gasteiger partial charge is 0.304 e. The van der Waals surface area contributed by atoms with E-state index in [0.717, 1.165) is 5.92 Å². The van der Waals surface area contributed by atoms with Crippen molar-refractivity contribution in [3.05, 3.63) is 29.6 Å². The molecule has 2 unspecified atom stereocenters. The van der Waals surface area contributed by atoms with Crippen LogP contribution in [0.2, 0.25) is 0 Å². The molecule has 5 rings (SSSR count). The molecule has 3 aliphatic heterocycles. The highest BCUT2D eigenvalue weighted by Crippen LogP contribution is 2.33. The summed E-state index contributed by atoms with van der Waals surface area (Å²) in [5, 5.41) is 3.90. The first-order valence-electron chi connectivity index (χ1n) is 7.32. The van der Waals surface area contributed by atoms with Crippen LogP contribution in [-0.2, 0) is 6.42 Å². The zero-order chi connectivity index (χ0) is 11.9. The predicted octanol–water partition coefficient (Wildman–Crippen LogP) is 1.75. The number of aryl methyl sites for hydroxylation is 1. The summed E-state index contributed by atoms with van der Waals surface area (Å²) in [6, 6.07) is 5.51. The van der Waals surface area contributed by atoms with Crippen molar-refractivity contribution in [2.45, 2.75) is 37.8 Å². The van der Waals surface area contributed by atoms with Crippen LogP contribution in [0.1, 0.15) is 36.6 Å². The molecule has 2 bridgehead atoms. The van der Waals surface area contributed by atoms with Crippen LogP contribution in [-0.4, -0.2) is 35.6 Å². The molecule has 18 heavy (non-hydrogen) atoms. The van der Waals surface area contributed by atoms with E-state index in [0.29, 0.717) is 12.1 Å². The first-order chi connectivity index (χ1) is 8.90. The number of hydrogen-bond acceptors (Lipinski definition) is 3. The molecule has 4 heterocycles. The van der Waals surface area contributed by atoms with E-state index in [2.05, 4.69) is 27.3 Å². The molecule has 4 aliphatic rings. The van der Waals surface area contributed by atoms with E-state index >= 15 is 0 Å². The molecule has 0 saturated carbocycles. The minimum Gasteiger partial charge on any atom is -0.304 e. The van der Waals surface area contributed by atoms with Crippen molar-refractivity contribution in [1.82, 2.24) is 15.2 Å². The van der Waals surface area contributed by atoms with Crippen molar-refractivity contribution >= 4 is 0 Å². The van der Waals surface area contributed by atoms with Crippen LogP contribution in [0.3, 0.4) is 0 Å². The maximum absolute atomic E-state index is 4.59. The van der Waals surface area contributed by atoms with Gasteiger partial charge in [-0.1, -0.05) is 6.07 Å². The van der Waals surface area contributed by atoms with Gasteiger partial charge in [0.1, 0.15) is 0 Å². The average molecular weight is 243 g/mol. The van der Waals surface area contributed by atoms with Gasteiger partial charge in [-0.3, -0.25) is 4.98 Å². The third-order valence-electron chi connectivity index (χ3n) is 5.03. The Bertz CT molecular complexity index is 437. The SMILES string of the molecule is c1cnc2c(c1)CCC2NC1CN2CCC1CC2. The minimum atomic E-state index is 0.506. The lowest BCUT2D eigenvalue weighted by molar-refractivity contribution is 0.0667. The van der Waals surface area contributed by atoms with Gasteiger partial charge in [-0.25, -0.2) is 0 Å². The summed E-state index contributed by atoms with van der Waals surface area (Å²) in [4.78, 5) is 7.21. The van der Waals surface area contributed by atoms with E-state index < -0.39 is 0 Å². The highest BCUT2D eigenvalue weighted by Gasteiger charge is 2.36. The lowest BCUT2D eigenvalue weighted by Gasteiger charge is -2.46. The molecule has 1 N–H and O–H groups in total. The van der Waals surface area contributed by atoms with Gasteiger partial charge in [-0.2, -0.15) is 0 Å². The van der Waals surface area contributed by atoms with E-state index in [4.69, 9.17) is 0 Å². The Morgan fingerprint density at radius 1 is 1.22 bits per heavy atom. The summed E-state index contributed by atoms with van der Waals surface area (Å²) < 4.78 is 0. The van der Waals surface area contributed by atoms with Crippen LogP contribution >= 0.6 is 0 Å². The van der Waals surface area contributed by atoms with Crippen molar-refractivity contribution < 1.29 is 0 Å². The molecule has 0 radical (unpaired) electrons. The lowest BCUT2D eigenvalue weighted by Crippen LogP contribution is -2.56. The van der Waals surface area contributed by atoms with E-state index in [1.807, 2.05) is 6.20 Å². The average Bonchev–Trinajstić information content (AvgIpc) is 2.84. The molecule has 3 nitrogen and oxygen atoms in total. The summed E-state index contributed by atoms with van der Waals surface area (Å²) in [5.41, 5.74) is 2.77. The Labute approximate surface area is 109 Å². The van der Waals surface area contributed by atoms with Gasteiger partial charge in [0, 0.05) is 18.8 Å². The van der Waals surface area contributed by atoms with Crippen molar-refractivity contribution in [3.8, 4) is 0 Å². The molecule has 1 aromatic rings. The van der Waals surface area contributed by atoms with Gasteiger partial charge >= 0.3 is 0 Å².